The number of thioether (sulfide) groups is 1. The minimum Gasteiger partial charge on any atom is -0.342 e. The maximum atomic E-state index is 13.8. The highest BCUT2D eigenvalue weighted by Gasteiger charge is 2.31. The lowest BCUT2D eigenvalue weighted by molar-refractivity contribution is -0.128. The van der Waals surface area contributed by atoms with Gasteiger partial charge in [-0.2, -0.15) is 0 Å². The summed E-state index contributed by atoms with van der Waals surface area (Å²) in [5.74, 6) is 1.02. The van der Waals surface area contributed by atoms with Gasteiger partial charge in [-0.25, -0.2) is 4.39 Å². The van der Waals surface area contributed by atoms with Gasteiger partial charge in [-0.1, -0.05) is 0 Å². The fourth-order valence-corrected chi connectivity index (χ4v) is 4.40. The van der Waals surface area contributed by atoms with Crippen molar-refractivity contribution in [2.75, 3.05) is 31.9 Å². The number of nitrogens with zero attached hydrogens (tertiary/aromatic N) is 1. The Kier molecular flexibility index (Phi) is 7.28. The molecule has 0 aliphatic carbocycles. The van der Waals surface area contributed by atoms with Crippen molar-refractivity contribution in [2.45, 2.75) is 24.7 Å². The van der Waals surface area contributed by atoms with E-state index in [1.54, 1.807) is 6.07 Å². The number of halogens is 2. The summed E-state index contributed by atoms with van der Waals surface area (Å²) < 4.78 is 13.8. The monoisotopic (exact) mass is 386 g/mol. The van der Waals surface area contributed by atoms with Crippen molar-refractivity contribution in [3.63, 3.8) is 0 Å². The third-order valence-corrected chi connectivity index (χ3v) is 6.03. The van der Waals surface area contributed by atoms with Crippen molar-refractivity contribution < 1.29 is 14.0 Å². The van der Waals surface area contributed by atoms with Crippen LogP contribution in [0.2, 0.25) is 0 Å². The fourth-order valence-electron chi connectivity index (χ4n) is 3.58. The molecule has 0 saturated carbocycles. The van der Waals surface area contributed by atoms with Crippen LogP contribution in [0.25, 0.3) is 0 Å². The molecule has 1 amide bonds. The van der Waals surface area contributed by atoms with Crippen LogP contribution in [0, 0.1) is 17.7 Å². The molecular formula is C18H24ClFN2O2S. The van der Waals surface area contributed by atoms with E-state index in [0.29, 0.717) is 22.5 Å². The minimum atomic E-state index is -0.518. The number of likely N-dealkylation sites (tertiary alicyclic amines) is 1. The van der Waals surface area contributed by atoms with Gasteiger partial charge in [0.2, 0.25) is 5.91 Å². The molecule has 1 N–H and O–H groups in total. The average Bonchev–Trinajstić information content (AvgIpc) is 2.91. The molecule has 0 radical (unpaired) electrons. The number of hydrogen-bond acceptors (Lipinski definition) is 4. The summed E-state index contributed by atoms with van der Waals surface area (Å²) in [7, 11) is 0. The van der Waals surface area contributed by atoms with Gasteiger partial charge in [-0.05, 0) is 62.9 Å². The van der Waals surface area contributed by atoms with Gasteiger partial charge in [0.15, 0.2) is 5.78 Å². The summed E-state index contributed by atoms with van der Waals surface area (Å²) in [4.78, 5) is 26.3. The fraction of sp³-hybridized carbons (Fsp3) is 0.556. The first-order valence-corrected chi connectivity index (χ1v) is 9.45. The molecule has 0 aromatic heterocycles. The Hall–Kier alpha value is -1.11. The maximum Gasteiger partial charge on any atom is 0.232 e. The number of nitrogens with one attached hydrogen (secondary N) is 1. The number of Topliss-reactive ketones (excluding diaryl/α,β-unsaturated/α-hetero) is 1. The molecule has 2 aliphatic rings. The Morgan fingerprint density at radius 2 is 1.88 bits per heavy atom. The molecule has 2 fully saturated rings. The van der Waals surface area contributed by atoms with Gasteiger partial charge in [0.25, 0.3) is 0 Å². The third-order valence-electron chi connectivity index (χ3n) is 5.05. The van der Waals surface area contributed by atoms with Gasteiger partial charge < -0.3 is 10.2 Å². The number of carbonyl (C=O) groups excluding carboxylic acids is 2. The quantitative estimate of drug-likeness (QED) is 0.638. The van der Waals surface area contributed by atoms with Gasteiger partial charge in [-0.3, -0.25) is 9.59 Å². The number of carbonyl (C=O) groups is 2. The van der Waals surface area contributed by atoms with Crippen LogP contribution in [0.5, 0.6) is 0 Å². The summed E-state index contributed by atoms with van der Waals surface area (Å²) in [6.45, 7) is 5.13. The minimum absolute atomic E-state index is 0. The Bertz CT molecular complexity index is 630. The van der Waals surface area contributed by atoms with Gasteiger partial charge >= 0.3 is 0 Å². The lowest BCUT2D eigenvalue weighted by Gasteiger charge is -2.20. The summed E-state index contributed by atoms with van der Waals surface area (Å²) in [6, 6.07) is 4.54. The van der Waals surface area contributed by atoms with E-state index in [9.17, 15) is 14.0 Å². The summed E-state index contributed by atoms with van der Waals surface area (Å²) in [5, 5.41) is 3.43. The predicted molar refractivity (Wildman–Crippen MR) is 100 cm³/mol. The molecule has 7 heteroatoms. The van der Waals surface area contributed by atoms with Crippen LogP contribution < -0.4 is 5.32 Å². The number of ketones is 1. The molecule has 2 atom stereocenters. The summed E-state index contributed by atoms with van der Waals surface area (Å²) in [5.41, 5.74) is 0.0957. The third kappa shape index (κ3) is 4.96. The van der Waals surface area contributed by atoms with Crippen molar-refractivity contribution in [1.82, 2.24) is 10.2 Å². The number of rotatable bonds is 4. The van der Waals surface area contributed by atoms with Crippen LogP contribution in [0.4, 0.5) is 4.39 Å². The van der Waals surface area contributed by atoms with Gasteiger partial charge in [0.05, 0.1) is 11.3 Å². The van der Waals surface area contributed by atoms with E-state index in [1.807, 2.05) is 4.90 Å². The molecule has 0 unspecified atom stereocenters. The van der Waals surface area contributed by atoms with Crippen LogP contribution in [-0.2, 0) is 4.79 Å². The van der Waals surface area contributed by atoms with Crippen LogP contribution in [0.1, 0.15) is 30.1 Å². The summed E-state index contributed by atoms with van der Waals surface area (Å²) >= 11 is 1.33. The number of fused-ring (bicyclic) bond motifs is 1. The zero-order valence-corrected chi connectivity index (χ0v) is 15.9. The smallest absolute Gasteiger partial charge is 0.232 e. The lowest BCUT2D eigenvalue weighted by atomic mass is 9.92. The normalized spacial score (nSPS) is 22.7. The number of benzene rings is 1. The maximum absolute atomic E-state index is 13.8. The molecule has 1 aromatic carbocycles. The molecule has 2 heterocycles. The van der Waals surface area contributed by atoms with Gasteiger partial charge in [0.1, 0.15) is 5.82 Å². The zero-order chi connectivity index (χ0) is 17.1. The highest BCUT2D eigenvalue weighted by atomic mass is 35.5. The summed E-state index contributed by atoms with van der Waals surface area (Å²) in [6.07, 6.45) is 2.13. The molecular weight excluding hydrogens is 363 g/mol. The molecule has 25 heavy (non-hydrogen) atoms. The molecule has 2 aliphatic heterocycles. The van der Waals surface area contributed by atoms with Gasteiger partial charge in [0, 0.05) is 18.0 Å². The largest absolute Gasteiger partial charge is 0.342 e. The van der Waals surface area contributed by atoms with Crippen LogP contribution in [0.3, 0.4) is 0 Å². The van der Waals surface area contributed by atoms with E-state index in [-0.39, 0.29) is 29.7 Å². The molecule has 4 nitrogen and oxygen atoms in total. The van der Waals surface area contributed by atoms with Crippen LogP contribution in [-0.4, -0.2) is 48.5 Å². The van der Waals surface area contributed by atoms with Gasteiger partial charge in [-0.15, -0.1) is 24.2 Å². The van der Waals surface area contributed by atoms with Crippen LogP contribution in [0.15, 0.2) is 23.1 Å². The highest BCUT2D eigenvalue weighted by Crippen LogP contribution is 2.28. The second kappa shape index (κ2) is 9.01. The van der Waals surface area contributed by atoms with Crippen molar-refractivity contribution in [3.8, 4) is 0 Å². The Labute approximate surface area is 158 Å². The Balaban J connectivity index is 0.00000225. The first-order chi connectivity index (χ1) is 11.5. The molecule has 1 aromatic rings. The first kappa shape index (κ1) is 20.2. The van der Waals surface area contributed by atoms with E-state index in [1.165, 1.54) is 30.8 Å². The zero-order valence-electron chi connectivity index (χ0n) is 14.3. The van der Waals surface area contributed by atoms with E-state index in [4.69, 9.17) is 0 Å². The van der Waals surface area contributed by atoms with Crippen LogP contribution >= 0.6 is 24.2 Å². The average molecular weight is 387 g/mol. The SMILES string of the molecule is CC(=O)c1ccc(SCC(=O)N2CC[C@@H]3CNC[C@@H]3CC2)cc1F.Cl. The molecule has 138 valence electrons. The van der Waals surface area contributed by atoms with Crippen molar-refractivity contribution >= 4 is 35.9 Å². The van der Waals surface area contributed by atoms with E-state index in [0.717, 1.165) is 39.0 Å². The van der Waals surface area contributed by atoms with E-state index >= 15 is 0 Å². The second-order valence-electron chi connectivity index (χ2n) is 6.62. The van der Waals surface area contributed by atoms with Crippen molar-refractivity contribution in [1.29, 1.82) is 0 Å². The number of amides is 1. The van der Waals surface area contributed by atoms with Crippen molar-refractivity contribution in [2.24, 2.45) is 11.8 Å². The predicted octanol–water partition coefficient (Wildman–Crippen LogP) is 3.00. The lowest BCUT2D eigenvalue weighted by Crippen LogP contribution is -2.34. The van der Waals surface area contributed by atoms with Crippen molar-refractivity contribution in [3.05, 3.63) is 29.6 Å². The highest BCUT2D eigenvalue weighted by molar-refractivity contribution is 8.00. The molecule has 0 bridgehead atoms. The van der Waals surface area contributed by atoms with E-state index < -0.39 is 5.82 Å². The Morgan fingerprint density at radius 3 is 2.44 bits per heavy atom. The first-order valence-electron chi connectivity index (χ1n) is 8.46. The Morgan fingerprint density at radius 1 is 1.24 bits per heavy atom. The van der Waals surface area contributed by atoms with E-state index in [2.05, 4.69) is 5.32 Å². The molecule has 2 saturated heterocycles. The second-order valence-corrected chi connectivity index (χ2v) is 7.67. The molecule has 3 rings (SSSR count). The standard InChI is InChI=1S/C18H23FN2O2S.ClH/c1-12(22)16-3-2-15(8-17(16)19)24-11-18(23)21-6-4-13-9-20-10-14(13)5-7-21;/h2-3,8,13-14,20H,4-7,9-11H2,1H3;1H/t13-,14+;. The number of hydrogen-bond donors (Lipinski definition) is 1. The topological polar surface area (TPSA) is 49.4 Å². The molecule has 0 spiro atoms.